The molecule has 1 aliphatic carbocycles. The molecule has 96 valence electrons. The lowest BCUT2D eigenvalue weighted by molar-refractivity contribution is 0.770. The van der Waals surface area contributed by atoms with E-state index in [2.05, 4.69) is 31.7 Å². The fourth-order valence-electron chi connectivity index (χ4n) is 2.20. The van der Waals surface area contributed by atoms with Gasteiger partial charge >= 0.3 is 0 Å². The molecule has 1 rings (SSSR count). The maximum atomic E-state index is 7.77. The molecule has 0 bridgehead atoms. The molecule has 0 aromatic heterocycles. The van der Waals surface area contributed by atoms with E-state index in [4.69, 9.17) is 11.1 Å². The summed E-state index contributed by atoms with van der Waals surface area (Å²) in [7, 11) is 0. The maximum Gasteiger partial charge on any atom is 0.123 e. The lowest BCUT2D eigenvalue weighted by Crippen LogP contribution is -2.19. The number of hydrogen-bond acceptors (Lipinski definition) is 1. The van der Waals surface area contributed by atoms with Gasteiger partial charge in [0.15, 0.2) is 0 Å². The maximum absolute atomic E-state index is 7.77. The van der Waals surface area contributed by atoms with Gasteiger partial charge in [0.25, 0.3) is 0 Å². The first kappa shape index (κ1) is 14.2. The van der Waals surface area contributed by atoms with E-state index in [1.807, 2.05) is 19.9 Å². The molecule has 2 heteroatoms. The van der Waals surface area contributed by atoms with Gasteiger partial charge in [0.05, 0.1) is 0 Å². The van der Waals surface area contributed by atoms with Gasteiger partial charge in [-0.2, -0.15) is 0 Å². The summed E-state index contributed by atoms with van der Waals surface area (Å²) in [4.78, 5) is 0. The molecule has 0 heterocycles. The molecule has 0 radical (unpaired) electrons. The molecule has 0 saturated heterocycles. The summed E-state index contributed by atoms with van der Waals surface area (Å²) in [5.41, 5.74) is 9.89. The number of nitrogens with two attached hydrogens (primary N) is 1. The van der Waals surface area contributed by atoms with Crippen LogP contribution in [0.5, 0.6) is 0 Å². The first-order valence-corrected chi connectivity index (χ1v) is 6.20. The van der Waals surface area contributed by atoms with Gasteiger partial charge in [-0.05, 0) is 38.3 Å². The molecular formula is C16H22N2. The predicted molar refractivity (Wildman–Crippen MR) is 79.6 cm³/mol. The van der Waals surface area contributed by atoms with Crippen LogP contribution in [0.15, 0.2) is 59.3 Å². The summed E-state index contributed by atoms with van der Waals surface area (Å²) in [5.74, 6) is 0.410. The van der Waals surface area contributed by atoms with Crippen molar-refractivity contribution in [1.82, 2.24) is 0 Å². The highest BCUT2D eigenvalue weighted by Crippen LogP contribution is 2.30. The molecule has 0 aromatic carbocycles. The van der Waals surface area contributed by atoms with Gasteiger partial charge in [0.1, 0.15) is 5.84 Å². The highest BCUT2D eigenvalue weighted by molar-refractivity contribution is 6.00. The summed E-state index contributed by atoms with van der Waals surface area (Å²) in [6, 6.07) is 0. The smallest absolute Gasteiger partial charge is 0.123 e. The summed E-state index contributed by atoms with van der Waals surface area (Å²) < 4.78 is 0. The van der Waals surface area contributed by atoms with E-state index in [9.17, 15) is 0 Å². The summed E-state index contributed by atoms with van der Waals surface area (Å²) in [5, 5.41) is 7.77. The zero-order valence-corrected chi connectivity index (χ0v) is 11.5. The van der Waals surface area contributed by atoms with Crippen molar-refractivity contribution >= 4 is 5.84 Å². The molecule has 18 heavy (non-hydrogen) atoms. The van der Waals surface area contributed by atoms with Crippen molar-refractivity contribution in [1.29, 1.82) is 5.41 Å². The number of nitrogens with one attached hydrogen (secondary N) is 1. The van der Waals surface area contributed by atoms with Crippen molar-refractivity contribution in [3.05, 3.63) is 59.3 Å². The summed E-state index contributed by atoms with van der Waals surface area (Å²) in [6.07, 6.45) is 11.3. The van der Waals surface area contributed by atoms with Crippen molar-refractivity contribution in [2.24, 2.45) is 11.7 Å². The standard InChI is InChI=1S/C16H22N2/c1-5-12(4)15(16(17)18)14(6-2)13-9-7-11(3)8-10-13/h5-9,13H,1,10H2,2-4H3,(H3,17,18)/b14-6-,15-12-. The Bertz CT molecular complexity index is 473. The molecule has 1 unspecified atom stereocenters. The number of hydrogen-bond donors (Lipinski definition) is 2. The van der Waals surface area contributed by atoms with Gasteiger partial charge in [-0.15, -0.1) is 0 Å². The van der Waals surface area contributed by atoms with E-state index in [0.717, 1.165) is 23.1 Å². The Hall–Kier alpha value is -1.83. The fraction of sp³-hybridized carbons (Fsp3) is 0.312. The Morgan fingerprint density at radius 1 is 1.56 bits per heavy atom. The minimum absolute atomic E-state index is 0.111. The average molecular weight is 242 g/mol. The van der Waals surface area contributed by atoms with Gasteiger partial charge in [-0.25, -0.2) is 0 Å². The molecule has 0 aromatic rings. The van der Waals surface area contributed by atoms with Crippen LogP contribution in [0.25, 0.3) is 0 Å². The Morgan fingerprint density at radius 3 is 2.61 bits per heavy atom. The highest BCUT2D eigenvalue weighted by atomic mass is 14.7. The predicted octanol–water partition coefficient (Wildman–Crippen LogP) is 3.89. The molecule has 1 atom stereocenters. The third-order valence-corrected chi connectivity index (χ3v) is 3.25. The van der Waals surface area contributed by atoms with Crippen molar-refractivity contribution in [2.75, 3.05) is 0 Å². The molecule has 0 fully saturated rings. The van der Waals surface area contributed by atoms with Crippen LogP contribution in [0.3, 0.4) is 0 Å². The molecule has 3 N–H and O–H groups in total. The first-order valence-electron chi connectivity index (χ1n) is 6.20. The van der Waals surface area contributed by atoms with E-state index in [0.29, 0.717) is 5.92 Å². The second-order valence-corrected chi connectivity index (χ2v) is 4.57. The lowest BCUT2D eigenvalue weighted by atomic mass is 9.84. The van der Waals surface area contributed by atoms with Gasteiger partial charge in [-0.1, -0.05) is 42.5 Å². The molecular weight excluding hydrogens is 220 g/mol. The highest BCUT2D eigenvalue weighted by Gasteiger charge is 2.19. The first-order chi connectivity index (χ1) is 8.51. The quantitative estimate of drug-likeness (QED) is 0.438. The number of rotatable bonds is 4. The van der Waals surface area contributed by atoms with E-state index in [-0.39, 0.29) is 5.84 Å². The minimum Gasteiger partial charge on any atom is -0.384 e. The van der Waals surface area contributed by atoms with Gasteiger partial charge in [-0.3, -0.25) is 5.41 Å². The van der Waals surface area contributed by atoms with Crippen molar-refractivity contribution in [2.45, 2.75) is 27.2 Å². The van der Waals surface area contributed by atoms with Crippen LogP contribution < -0.4 is 5.73 Å². The van der Waals surface area contributed by atoms with Crippen LogP contribution in [0.2, 0.25) is 0 Å². The van der Waals surface area contributed by atoms with Crippen LogP contribution in [-0.2, 0) is 0 Å². The molecule has 0 amide bonds. The topological polar surface area (TPSA) is 49.9 Å². The third kappa shape index (κ3) is 3.10. The fourth-order valence-corrected chi connectivity index (χ4v) is 2.20. The SMILES string of the molecule is C=C/C(C)=C(C(=N)N)/C(=C\C)C1C=CC(C)=CC1. The van der Waals surface area contributed by atoms with Crippen LogP contribution in [0, 0.1) is 11.3 Å². The average Bonchev–Trinajstić information content (AvgIpc) is 2.35. The Balaban J connectivity index is 3.15. The van der Waals surface area contributed by atoms with Crippen molar-refractivity contribution in [3.8, 4) is 0 Å². The van der Waals surface area contributed by atoms with Crippen molar-refractivity contribution in [3.63, 3.8) is 0 Å². The zero-order valence-electron chi connectivity index (χ0n) is 11.5. The molecule has 0 aliphatic heterocycles. The molecule has 2 nitrogen and oxygen atoms in total. The van der Waals surface area contributed by atoms with E-state index >= 15 is 0 Å². The van der Waals surface area contributed by atoms with Crippen LogP contribution >= 0.6 is 0 Å². The van der Waals surface area contributed by atoms with Gasteiger partial charge in [0, 0.05) is 11.5 Å². The van der Waals surface area contributed by atoms with Crippen molar-refractivity contribution < 1.29 is 0 Å². The molecule has 0 saturated carbocycles. The Labute approximate surface area is 110 Å². The third-order valence-electron chi connectivity index (χ3n) is 3.25. The number of allylic oxidation sites excluding steroid dienone is 7. The van der Waals surface area contributed by atoms with Crippen LogP contribution in [0.1, 0.15) is 27.2 Å². The van der Waals surface area contributed by atoms with Gasteiger partial charge in [0.2, 0.25) is 0 Å². The monoisotopic (exact) mass is 242 g/mol. The summed E-state index contributed by atoms with van der Waals surface area (Å²) >= 11 is 0. The largest absolute Gasteiger partial charge is 0.384 e. The molecule has 0 spiro atoms. The van der Waals surface area contributed by atoms with Gasteiger partial charge < -0.3 is 5.73 Å². The van der Waals surface area contributed by atoms with Crippen LogP contribution in [0.4, 0.5) is 0 Å². The normalized spacial score (nSPS) is 21.2. The zero-order chi connectivity index (χ0) is 13.7. The molecule has 1 aliphatic rings. The minimum atomic E-state index is 0.111. The lowest BCUT2D eigenvalue weighted by Gasteiger charge is -2.22. The second kappa shape index (κ2) is 6.20. The van der Waals surface area contributed by atoms with E-state index in [1.165, 1.54) is 5.57 Å². The van der Waals surface area contributed by atoms with E-state index < -0.39 is 0 Å². The summed E-state index contributed by atoms with van der Waals surface area (Å²) in [6.45, 7) is 9.81. The second-order valence-electron chi connectivity index (χ2n) is 4.57. The Kier molecular flexibility index (Phi) is 4.90. The Morgan fingerprint density at radius 2 is 2.22 bits per heavy atom. The van der Waals surface area contributed by atoms with E-state index in [1.54, 1.807) is 6.08 Å². The number of amidine groups is 1. The van der Waals surface area contributed by atoms with Crippen LogP contribution in [-0.4, -0.2) is 5.84 Å².